The average Bonchev–Trinajstić information content (AvgIpc) is 2.41. The molecule has 1 unspecified atom stereocenters. The van der Waals surface area contributed by atoms with Gasteiger partial charge in [0.1, 0.15) is 0 Å². The van der Waals surface area contributed by atoms with Crippen molar-refractivity contribution >= 4 is 11.8 Å². The van der Waals surface area contributed by atoms with Crippen LogP contribution in [-0.4, -0.2) is 31.0 Å². The molecule has 0 spiro atoms. The zero-order valence-corrected chi connectivity index (χ0v) is 6.73. The smallest absolute Gasteiger partial charge is 0.0927 e. The first kappa shape index (κ1) is 8.11. The van der Waals surface area contributed by atoms with Gasteiger partial charge in [-0.15, -0.1) is 18.3 Å². The molecule has 0 aromatic rings. The second kappa shape index (κ2) is 4.77. The highest BCUT2D eigenvalue weighted by Gasteiger charge is 2.14. The molecule has 0 bridgehead atoms. The van der Waals surface area contributed by atoms with Crippen molar-refractivity contribution in [2.45, 2.75) is 6.10 Å². The van der Waals surface area contributed by atoms with E-state index in [0.29, 0.717) is 19.3 Å². The molecule has 1 aliphatic rings. The van der Waals surface area contributed by atoms with Crippen LogP contribution in [0, 0.1) is 0 Å². The molecule has 0 aromatic heterocycles. The minimum absolute atomic E-state index is 0.310. The van der Waals surface area contributed by atoms with Crippen molar-refractivity contribution < 1.29 is 9.47 Å². The molecule has 1 atom stereocenters. The molecule has 0 aliphatic carbocycles. The van der Waals surface area contributed by atoms with Crippen molar-refractivity contribution in [1.29, 1.82) is 0 Å². The van der Waals surface area contributed by atoms with Gasteiger partial charge >= 0.3 is 0 Å². The molecule has 0 saturated carbocycles. The van der Waals surface area contributed by atoms with Crippen LogP contribution >= 0.6 is 11.8 Å². The summed E-state index contributed by atoms with van der Waals surface area (Å²) in [5.74, 6) is 1.89. The third-order valence-corrected chi connectivity index (χ3v) is 2.14. The van der Waals surface area contributed by atoms with Crippen LogP contribution in [0.4, 0.5) is 0 Å². The zero-order chi connectivity index (χ0) is 7.23. The maximum absolute atomic E-state index is 5.30. The summed E-state index contributed by atoms with van der Waals surface area (Å²) < 4.78 is 10.5. The van der Waals surface area contributed by atoms with Crippen LogP contribution in [0.15, 0.2) is 12.7 Å². The average molecular weight is 160 g/mol. The lowest BCUT2D eigenvalue weighted by atomic mass is 10.4. The van der Waals surface area contributed by atoms with Crippen molar-refractivity contribution in [3.05, 3.63) is 12.7 Å². The molecule has 1 rings (SSSR count). The number of thioether (sulfide) groups is 1. The highest BCUT2D eigenvalue weighted by atomic mass is 32.2. The maximum Gasteiger partial charge on any atom is 0.0927 e. The molecular weight excluding hydrogens is 148 g/mol. The lowest BCUT2D eigenvalue weighted by Crippen LogP contribution is -2.16. The van der Waals surface area contributed by atoms with Crippen LogP contribution in [0.3, 0.4) is 0 Å². The highest BCUT2D eigenvalue weighted by molar-refractivity contribution is 7.99. The van der Waals surface area contributed by atoms with Gasteiger partial charge in [0.25, 0.3) is 0 Å². The predicted molar refractivity (Wildman–Crippen MR) is 43.2 cm³/mol. The van der Waals surface area contributed by atoms with Gasteiger partial charge in [0, 0.05) is 5.75 Å². The Morgan fingerprint density at radius 2 is 2.70 bits per heavy atom. The monoisotopic (exact) mass is 160 g/mol. The highest BCUT2D eigenvalue weighted by Crippen LogP contribution is 2.15. The van der Waals surface area contributed by atoms with Crippen LogP contribution in [-0.2, 0) is 9.47 Å². The minimum Gasteiger partial charge on any atom is -0.375 e. The molecule has 0 radical (unpaired) electrons. The Kier molecular flexibility index (Phi) is 3.87. The van der Waals surface area contributed by atoms with Crippen LogP contribution in [0.25, 0.3) is 0 Å². The van der Waals surface area contributed by atoms with E-state index in [1.807, 2.05) is 11.8 Å². The van der Waals surface area contributed by atoms with Crippen molar-refractivity contribution in [2.75, 3.05) is 24.9 Å². The summed E-state index contributed by atoms with van der Waals surface area (Å²) in [6.45, 7) is 4.89. The van der Waals surface area contributed by atoms with E-state index in [-0.39, 0.29) is 0 Å². The van der Waals surface area contributed by atoms with Gasteiger partial charge in [0.2, 0.25) is 0 Å². The molecule has 1 aliphatic heterocycles. The molecule has 1 fully saturated rings. The van der Waals surface area contributed by atoms with E-state index in [1.165, 1.54) is 0 Å². The van der Waals surface area contributed by atoms with Crippen LogP contribution < -0.4 is 0 Å². The number of ether oxygens (including phenoxy) is 2. The van der Waals surface area contributed by atoms with Gasteiger partial charge in [-0.3, -0.25) is 0 Å². The maximum atomic E-state index is 5.30. The summed E-state index contributed by atoms with van der Waals surface area (Å²) in [5.41, 5.74) is 0. The van der Waals surface area contributed by atoms with E-state index < -0.39 is 0 Å². The van der Waals surface area contributed by atoms with E-state index in [9.17, 15) is 0 Å². The third kappa shape index (κ3) is 2.73. The Morgan fingerprint density at radius 1 is 1.80 bits per heavy atom. The standard InChI is InChI=1S/C7H12O2S/c1-2-3-8-4-7-5-10-6-9-7/h2,7H,1,3-6H2. The normalized spacial score (nSPS) is 25.0. The zero-order valence-electron chi connectivity index (χ0n) is 5.91. The fraction of sp³-hybridized carbons (Fsp3) is 0.714. The van der Waals surface area contributed by atoms with Crippen molar-refractivity contribution in [3.63, 3.8) is 0 Å². The van der Waals surface area contributed by atoms with E-state index in [0.717, 1.165) is 11.7 Å². The number of hydrogen-bond acceptors (Lipinski definition) is 3. The first-order valence-corrected chi connectivity index (χ1v) is 4.47. The second-order valence-corrected chi connectivity index (χ2v) is 3.08. The van der Waals surface area contributed by atoms with Gasteiger partial charge in [0.15, 0.2) is 0 Å². The minimum atomic E-state index is 0.310. The van der Waals surface area contributed by atoms with Crippen LogP contribution in [0.2, 0.25) is 0 Å². The van der Waals surface area contributed by atoms with E-state index in [2.05, 4.69) is 6.58 Å². The third-order valence-electron chi connectivity index (χ3n) is 1.23. The quantitative estimate of drug-likeness (QED) is 0.456. The summed E-state index contributed by atoms with van der Waals surface area (Å²) in [7, 11) is 0. The molecule has 0 N–H and O–H groups in total. The molecule has 2 nitrogen and oxygen atoms in total. The van der Waals surface area contributed by atoms with E-state index in [1.54, 1.807) is 6.08 Å². The second-order valence-electron chi connectivity index (χ2n) is 2.10. The van der Waals surface area contributed by atoms with E-state index >= 15 is 0 Å². The fourth-order valence-corrected chi connectivity index (χ4v) is 1.59. The summed E-state index contributed by atoms with van der Waals surface area (Å²) in [4.78, 5) is 0. The molecule has 0 aromatic carbocycles. The van der Waals surface area contributed by atoms with Crippen molar-refractivity contribution in [3.8, 4) is 0 Å². The molecule has 58 valence electrons. The molecule has 10 heavy (non-hydrogen) atoms. The number of hydrogen-bond donors (Lipinski definition) is 0. The van der Waals surface area contributed by atoms with Gasteiger partial charge in [-0.2, -0.15) is 0 Å². The van der Waals surface area contributed by atoms with Gasteiger partial charge in [-0.25, -0.2) is 0 Å². The molecule has 1 saturated heterocycles. The Balaban J connectivity index is 1.96. The summed E-state index contributed by atoms with van der Waals surface area (Å²) in [6, 6.07) is 0. The Labute approximate surface area is 65.6 Å². The number of rotatable bonds is 4. The van der Waals surface area contributed by atoms with Gasteiger partial charge in [-0.1, -0.05) is 6.08 Å². The van der Waals surface area contributed by atoms with Gasteiger partial charge < -0.3 is 9.47 Å². The lowest BCUT2D eigenvalue weighted by molar-refractivity contribution is 0.0335. The van der Waals surface area contributed by atoms with Gasteiger partial charge in [0.05, 0.1) is 25.3 Å². The first-order chi connectivity index (χ1) is 4.93. The molecule has 1 heterocycles. The summed E-state index contributed by atoms with van der Waals surface area (Å²) in [5, 5.41) is 0. The molecule has 3 heteroatoms. The topological polar surface area (TPSA) is 18.5 Å². The molecular formula is C7H12O2S. The van der Waals surface area contributed by atoms with Crippen molar-refractivity contribution in [2.24, 2.45) is 0 Å². The fourth-order valence-electron chi connectivity index (χ4n) is 0.751. The Morgan fingerprint density at radius 3 is 3.30 bits per heavy atom. The summed E-state index contributed by atoms with van der Waals surface area (Å²) in [6.07, 6.45) is 2.06. The molecule has 0 amide bonds. The van der Waals surface area contributed by atoms with Gasteiger partial charge in [-0.05, 0) is 0 Å². The Hall–Kier alpha value is 0.01000. The predicted octanol–water partition coefficient (Wildman–Crippen LogP) is 1.28. The van der Waals surface area contributed by atoms with E-state index in [4.69, 9.17) is 9.47 Å². The summed E-state index contributed by atoms with van der Waals surface area (Å²) >= 11 is 1.81. The largest absolute Gasteiger partial charge is 0.375 e. The Bertz CT molecular complexity index is 99.8. The van der Waals surface area contributed by atoms with Crippen LogP contribution in [0.5, 0.6) is 0 Å². The van der Waals surface area contributed by atoms with Crippen molar-refractivity contribution in [1.82, 2.24) is 0 Å². The lowest BCUT2D eigenvalue weighted by Gasteiger charge is -2.06. The SMILES string of the molecule is C=CCOCC1CSCO1. The first-order valence-electron chi connectivity index (χ1n) is 3.31. The van der Waals surface area contributed by atoms with Crippen LogP contribution in [0.1, 0.15) is 0 Å².